The first kappa shape index (κ1) is 14.7. The molecule has 3 nitrogen and oxygen atoms in total. The van der Waals surface area contributed by atoms with Crippen LogP contribution in [0.3, 0.4) is 0 Å². The van der Waals surface area contributed by atoms with Gasteiger partial charge in [-0.05, 0) is 23.8 Å². The van der Waals surface area contributed by atoms with Crippen LogP contribution < -0.4 is 0 Å². The molecule has 1 unspecified atom stereocenters. The largest absolute Gasteiger partial charge is 0.467 e. The first-order valence-electron chi connectivity index (χ1n) is 6.07. The third-order valence-electron chi connectivity index (χ3n) is 3.21. The molecular weight excluding hydrogens is 276 g/mol. The summed E-state index contributed by atoms with van der Waals surface area (Å²) >= 11 is 0. The van der Waals surface area contributed by atoms with Crippen molar-refractivity contribution >= 4 is 5.97 Å². The quantitative estimate of drug-likeness (QED) is 0.815. The van der Waals surface area contributed by atoms with Crippen LogP contribution in [0.25, 0.3) is 0 Å². The average Bonchev–Trinajstić information content (AvgIpc) is 2.51. The molecule has 0 spiro atoms. The highest BCUT2D eigenvalue weighted by atomic mass is 19.1. The molecule has 2 aromatic carbocycles. The Morgan fingerprint density at radius 1 is 1.14 bits per heavy atom. The van der Waals surface area contributed by atoms with Gasteiger partial charge in [-0.2, -0.15) is 5.26 Å². The van der Waals surface area contributed by atoms with Gasteiger partial charge in [0.05, 0.1) is 13.2 Å². The van der Waals surface area contributed by atoms with E-state index in [0.717, 1.165) is 25.3 Å². The van der Waals surface area contributed by atoms with Crippen molar-refractivity contribution in [3.63, 3.8) is 0 Å². The summed E-state index contributed by atoms with van der Waals surface area (Å²) in [7, 11) is 1.11. The number of halogens is 2. The number of benzene rings is 2. The number of nitrogens with zero attached hydrogens (tertiary/aromatic N) is 1. The van der Waals surface area contributed by atoms with Crippen molar-refractivity contribution in [2.24, 2.45) is 0 Å². The summed E-state index contributed by atoms with van der Waals surface area (Å²) in [5.41, 5.74) is -1.97. The third-order valence-corrected chi connectivity index (χ3v) is 3.21. The molecule has 106 valence electrons. The Bertz CT molecular complexity index is 707. The van der Waals surface area contributed by atoms with Crippen LogP contribution in [0, 0.1) is 23.0 Å². The molecule has 0 aliphatic heterocycles. The predicted molar refractivity (Wildman–Crippen MR) is 71.2 cm³/mol. The average molecular weight is 287 g/mol. The Labute approximate surface area is 120 Å². The van der Waals surface area contributed by atoms with E-state index in [1.54, 1.807) is 0 Å². The van der Waals surface area contributed by atoms with Crippen molar-refractivity contribution in [2.45, 2.75) is 5.41 Å². The molecule has 2 rings (SSSR count). The summed E-state index contributed by atoms with van der Waals surface area (Å²) in [5.74, 6) is -2.17. The highest BCUT2D eigenvalue weighted by Gasteiger charge is 2.45. The Hall–Kier alpha value is -2.74. The van der Waals surface area contributed by atoms with Crippen molar-refractivity contribution in [3.05, 3.63) is 71.3 Å². The number of carbonyl (C=O) groups excluding carboxylic acids is 1. The molecule has 0 fully saturated rings. The molecule has 0 bridgehead atoms. The fourth-order valence-electron chi connectivity index (χ4n) is 2.17. The van der Waals surface area contributed by atoms with Crippen molar-refractivity contribution in [2.75, 3.05) is 7.11 Å². The van der Waals surface area contributed by atoms with E-state index in [0.29, 0.717) is 0 Å². The molecule has 0 amide bonds. The second kappa shape index (κ2) is 5.71. The van der Waals surface area contributed by atoms with Crippen LogP contribution in [0.5, 0.6) is 0 Å². The first-order chi connectivity index (χ1) is 10.1. The first-order valence-corrected chi connectivity index (χ1v) is 6.07. The fourth-order valence-corrected chi connectivity index (χ4v) is 2.17. The minimum atomic E-state index is -1.98. The van der Waals surface area contributed by atoms with Gasteiger partial charge in [-0.3, -0.25) is 0 Å². The van der Waals surface area contributed by atoms with Gasteiger partial charge in [-0.25, -0.2) is 13.6 Å². The minimum Gasteiger partial charge on any atom is -0.467 e. The molecule has 0 aliphatic carbocycles. The molecule has 0 N–H and O–H groups in total. The number of rotatable bonds is 3. The monoisotopic (exact) mass is 287 g/mol. The van der Waals surface area contributed by atoms with Crippen molar-refractivity contribution in [1.29, 1.82) is 5.26 Å². The van der Waals surface area contributed by atoms with Crippen LogP contribution in [0.4, 0.5) is 8.78 Å². The predicted octanol–water partition coefficient (Wildman–Crippen LogP) is 2.95. The van der Waals surface area contributed by atoms with Crippen LogP contribution >= 0.6 is 0 Å². The lowest BCUT2D eigenvalue weighted by Crippen LogP contribution is -2.37. The molecule has 0 saturated heterocycles. The highest BCUT2D eigenvalue weighted by molar-refractivity contribution is 5.91. The van der Waals surface area contributed by atoms with Gasteiger partial charge in [0.25, 0.3) is 0 Å². The van der Waals surface area contributed by atoms with Gasteiger partial charge >= 0.3 is 5.97 Å². The number of methoxy groups -OCH3 is 1. The molecule has 0 radical (unpaired) electrons. The number of nitriles is 1. The molecule has 5 heteroatoms. The zero-order valence-corrected chi connectivity index (χ0v) is 11.1. The summed E-state index contributed by atoms with van der Waals surface area (Å²) < 4.78 is 31.8. The van der Waals surface area contributed by atoms with E-state index in [1.807, 2.05) is 6.07 Å². The third kappa shape index (κ3) is 2.36. The van der Waals surface area contributed by atoms with E-state index < -0.39 is 23.0 Å². The van der Waals surface area contributed by atoms with Crippen LogP contribution in [0.15, 0.2) is 48.5 Å². The molecule has 1 atom stereocenters. The highest BCUT2D eigenvalue weighted by Crippen LogP contribution is 2.35. The SMILES string of the molecule is COC(=O)C(C#N)(c1ccc(F)cc1)c1ccccc1F. The van der Waals surface area contributed by atoms with E-state index in [-0.39, 0.29) is 11.1 Å². The van der Waals surface area contributed by atoms with Gasteiger partial charge in [0.15, 0.2) is 0 Å². The molecular formula is C16H11F2NO2. The van der Waals surface area contributed by atoms with E-state index in [2.05, 4.69) is 4.74 Å². The van der Waals surface area contributed by atoms with Gasteiger partial charge in [-0.1, -0.05) is 30.3 Å². The number of hydrogen-bond acceptors (Lipinski definition) is 3. The fraction of sp³-hybridized carbons (Fsp3) is 0.125. The van der Waals surface area contributed by atoms with Crippen LogP contribution in [0.1, 0.15) is 11.1 Å². The minimum absolute atomic E-state index is 0.133. The van der Waals surface area contributed by atoms with Gasteiger partial charge in [0.1, 0.15) is 11.6 Å². The normalized spacial score (nSPS) is 13.0. The van der Waals surface area contributed by atoms with E-state index in [9.17, 15) is 18.8 Å². The summed E-state index contributed by atoms with van der Waals surface area (Å²) in [6, 6.07) is 12.0. The summed E-state index contributed by atoms with van der Waals surface area (Å²) in [5, 5.41) is 9.57. The standard InChI is InChI=1S/C16H11F2NO2/c1-21-15(20)16(10-19,11-6-8-12(17)9-7-11)13-4-2-3-5-14(13)18/h2-9H,1H3. The summed E-state index contributed by atoms with van der Waals surface area (Å²) in [4.78, 5) is 12.2. The Balaban J connectivity index is 2.77. The van der Waals surface area contributed by atoms with Crippen LogP contribution in [-0.4, -0.2) is 13.1 Å². The lowest BCUT2D eigenvalue weighted by Gasteiger charge is -2.25. The van der Waals surface area contributed by atoms with Gasteiger partial charge in [0, 0.05) is 5.56 Å². The number of ether oxygens (including phenoxy) is 1. The molecule has 0 saturated carbocycles. The van der Waals surface area contributed by atoms with Crippen molar-refractivity contribution in [1.82, 2.24) is 0 Å². The number of carbonyl (C=O) groups is 1. The van der Waals surface area contributed by atoms with Crippen LogP contribution in [-0.2, 0) is 14.9 Å². The molecule has 2 aromatic rings. The maximum absolute atomic E-state index is 14.1. The molecule has 21 heavy (non-hydrogen) atoms. The number of esters is 1. The Kier molecular flexibility index (Phi) is 3.99. The van der Waals surface area contributed by atoms with Crippen molar-refractivity contribution < 1.29 is 18.3 Å². The Morgan fingerprint density at radius 3 is 2.29 bits per heavy atom. The zero-order chi connectivity index (χ0) is 15.5. The van der Waals surface area contributed by atoms with Crippen LogP contribution in [0.2, 0.25) is 0 Å². The van der Waals surface area contributed by atoms with E-state index in [4.69, 9.17) is 0 Å². The summed E-state index contributed by atoms with van der Waals surface area (Å²) in [6.07, 6.45) is 0. The Morgan fingerprint density at radius 2 is 1.76 bits per heavy atom. The molecule has 0 aromatic heterocycles. The summed E-state index contributed by atoms with van der Waals surface area (Å²) in [6.45, 7) is 0. The van der Waals surface area contributed by atoms with E-state index in [1.165, 1.54) is 30.3 Å². The zero-order valence-electron chi connectivity index (χ0n) is 11.1. The second-order valence-corrected chi connectivity index (χ2v) is 4.34. The molecule has 0 heterocycles. The van der Waals surface area contributed by atoms with Crippen molar-refractivity contribution in [3.8, 4) is 6.07 Å². The maximum Gasteiger partial charge on any atom is 0.335 e. The number of hydrogen-bond donors (Lipinski definition) is 0. The van der Waals surface area contributed by atoms with E-state index >= 15 is 0 Å². The molecule has 0 aliphatic rings. The van der Waals surface area contributed by atoms with Gasteiger partial charge in [-0.15, -0.1) is 0 Å². The van der Waals surface area contributed by atoms with Gasteiger partial charge < -0.3 is 4.74 Å². The lowest BCUT2D eigenvalue weighted by molar-refractivity contribution is -0.143. The maximum atomic E-state index is 14.1. The van der Waals surface area contributed by atoms with Gasteiger partial charge in [0.2, 0.25) is 5.41 Å². The second-order valence-electron chi connectivity index (χ2n) is 4.34. The topological polar surface area (TPSA) is 50.1 Å². The lowest BCUT2D eigenvalue weighted by atomic mass is 9.75. The smallest absolute Gasteiger partial charge is 0.335 e.